The van der Waals surface area contributed by atoms with E-state index in [0.717, 1.165) is 17.1 Å². The van der Waals surface area contributed by atoms with Crippen LogP contribution < -0.4 is 4.90 Å². The molecule has 1 nitrogen and oxygen atoms in total. The van der Waals surface area contributed by atoms with Crippen molar-refractivity contribution in [2.45, 2.75) is 0 Å². The number of rotatable bonds is 5. The SMILES string of the molecule is c1ccc(-c2ccc(N(c3ccc4ccccc4c3-c3ccc4ccccc4c3)c3cc4ccccc4c4ccccc34)cc2)cc1. The van der Waals surface area contributed by atoms with E-state index in [2.05, 4.69) is 193 Å². The molecule has 0 aromatic heterocycles. The molecule has 220 valence electrons. The Kier molecular flexibility index (Phi) is 6.54. The maximum absolute atomic E-state index is 2.47. The minimum atomic E-state index is 1.11. The lowest BCUT2D eigenvalue weighted by Gasteiger charge is -2.30. The van der Waals surface area contributed by atoms with E-state index in [-0.39, 0.29) is 0 Å². The summed E-state index contributed by atoms with van der Waals surface area (Å²) in [5.74, 6) is 0. The van der Waals surface area contributed by atoms with Gasteiger partial charge < -0.3 is 4.90 Å². The van der Waals surface area contributed by atoms with Crippen LogP contribution in [-0.2, 0) is 0 Å². The highest BCUT2D eigenvalue weighted by molar-refractivity contribution is 6.16. The first kappa shape index (κ1) is 27.2. The fourth-order valence-corrected chi connectivity index (χ4v) is 7.16. The molecule has 0 fully saturated rings. The second-order valence-electron chi connectivity index (χ2n) is 12.2. The third-order valence-electron chi connectivity index (χ3n) is 9.41. The van der Waals surface area contributed by atoms with E-state index in [1.807, 2.05) is 0 Å². The monoisotopic (exact) mass is 597 g/mol. The summed E-state index contributed by atoms with van der Waals surface area (Å²) in [4.78, 5) is 2.47. The van der Waals surface area contributed by atoms with Crippen molar-refractivity contribution in [1.82, 2.24) is 0 Å². The van der Waals surface area contributed by atoms with Crippen molar-refractivity contribution in [2.24, 2.45) is 0 Å². The molecule has 0 heterocycles. The highest BCUT2D eigenvalue weighted by Gasteiger charge is 2.22. The predicted molar refractivity (Wildman–Crippen MR) is 202 cm³/mol. The second-order valence-corrected chi connectivity index (χ2v) is 12.2. The molecule has 0 spiro atoms. The van der Waals surface area contributed by atoms with Gasteiger partial charge in [-0.25, -0.2) is 0 Å². The molecular formula is C46H31N. The summed E-state index contributed by atoms with van der Waals surface area (Å²) in [7, 11) is 0. The van der Waals surface area contributed by atoms with Gasteiger partial charge in [-0.15, -0.1) is 0 Å². The van der Waals surface area contributed by atoms with Gasteiger partial charge in [0.2, 0.25) is 0 Å². The van der Waals surface area contributed by atoms with Crippen molar-refractivity contribution < 1.29 is 0 Å². The number of nitrogens with zero attached hydrogens (tertiary/aromatic N) is 1. The smallest absolute Gasteiger partial charge is 0.0546 e. The Morgan fingerprint density at radius 2 is 0.830 bits per heavy atom. The van der Waals surface area contributed by atoms with Crippen LogP contribution in [0.25, 0.3) is 65.3 Å². The molecule has 9 aromatic rings. The van der Waals surface area contributed by atoms with E-state index < -0.39 is 0 Å². The van der Waals surface area contributed by atoms with E-state index in [9.17, 15) is 0 Å². The molecule has 0 amide bonds. The molecule has 0 aliphatic rings. The molecule has 0 unspecified atom stereocenters. The van der Waals surface area contributed by atoms with Crippen LogP contribution in [0.1, 0.15) is 0 Å². The summed E-state index contributed by atoms with van der Waals surface area (Å²) >= 11 is 0. The van der Waals surface area contributed by atoms with Gasteiger partial charge in [-0.05, 0) is 84.7 Å². The molecule has 0 atom stereocenters. The number of anilines is 3. The topological polar surface area (TPSA) is 3.24 Å². The van der Waals surface area contributed by atoms with Crippen molar-refractivity contribution >= 4 is 60.2 Å². The van der Waals surface area contributed by atoms with Crippen molar-refractivity contribution in [3.63, 3.8) is 0 Å². The average molecular weight is 598 g/mol. The standard InChI is InChI=1S/C46H31N/c1-2-12-32(13-3-1)34-24-27-39(28-25-34)47(45-31-37-17-7-8-18-40(37)42-20-10-11-21-43(42)45)44-29-26-35-15-6-9-19-41(35)46(44)38-23-22-33-14-4-5-16-36(33)30-38/h1-31H. The molecule has 0 bridgehead atoms. The maximum Gasteiger partial charge on any atom is 0.0546 e. The van der Waals surface area contributed by atoms with E-state index >= 15 is 0 Å². The lowest BCUT2D eigenvalue weighted by atomic mass is 9.92. The zero-order valence-electron chi connectivity index (χ0n) is 25.8. The number of hydrogen-bond acceptors (Lipinski definition) is 1. The van der Waals surface area contributed by atoms with E-state index in [4.69, 9.17) is 0 Å². The quantitative estimate of drug-likeness (QED) is 0.178. The first-order valence-electron chi connectivity index (χ1n) is 16.2. The van der Waals surface area contributed by atoms with Crippen LogP contribution in [0, 0.1) is 0 Å². The zero-order valence-corrected chi connectivity index (χ0v) is 25.8. The molecule has 9 rings (SSSR count). The molecule has 0 N–H and O–H groups in total. The summed E-state index contributed by atoms with van der Waals surface area (Å²) in [6.07, 6.45) is 0. The number of fused-ring (bicyclic) bond motifs is 5. The van der Waals surface area contributed by atoms with Crippen LogP contribution in [0.4, 0.5) is 17.1 Å². The fourth-order valence-electron chi connectivity index (χ4n) is 7.16. The summed E-state index contributed by atoms with van der Waals surface area (Å²) in [5, 5.41) is 9.89. The molecule has 0 aliphatic carbocycles. The van der Waals surface area contributed by atoms with Crippen LogP contribution in [0.3, 0.4) is 0 Å². The summed E-state index contributed by atoms with van der Waals surface area (Å²) in [6.45, 7) is 0. The first-order chi connectivity index (χ1) is 23.3. The molecule has 0 aliphatic heterocycles. The fraction of sp³-hybridized carbons (Fsp3) is 0. The molecule has 0 radical (unpaired) electrons. The Morgan fingerprint density at radius 3 is 1.62 bits per heavy atom. The van der Waals surface area contributed by atoms with Gasteiger partial charge in [0.05, 0.1) is 11.4 Å². The van der Waals surface area contributed by atoms with Gasteiger partial charge in [0, 0.05) is 16.6 Å². The third-order valence-corrected chi connectivity index (χ3v) is 9.41. The van der Waals surface area contributed by atoms with Crippen molar-refractivity contribution in [3.05, 3.63) is 188 Å². The van der Waals surface area contributed by atoms with Gasteiger partial charge >= 0.3 is 0 Å². The largest absolute Gasteiger partial charge is 0.309 e. The number of benzene rings is 9. The maximum atomic E-state index is 2.47. The van der Waals surface area contributed by atoms with Gasteiger partial charge in [0.1, 0.15) is 0 Å². The molecule has 1 heteroatoms. The molecule has 9 aromatic carbocycles. The van der Waals surface area contributed by atoms with E-state index in [1.54, 1.807) is 0 Å². The van der Waals surface area contributed by atoms with Crippen LogP contribution in [-0.4, -0.2) is 0 Å². The van der Waals surface area contributed by atoms with Crippen LogP contribution in [0.2, 0.25) is 0 Å². The summed E-state index contributed by atoms with van der Waals surface area (Å²) in [5.41, 5.74) is 8.25. The second kappa shape index (κ2) is 11.3. The van der Waals surface area contributed by atoms with E-state index in [1.165, 1.54) is 65.3 Å². The van der Waals surface area contributed by atoms with Crippen molar-refractivity contribution in [1.29, 1.82) is 0 Å². The normalized spacial score (nSPS) is 11.4. The first-order valence-corrected chi connectivity index (χ1v) is 16.2. The van der Waals surface area contributed by atoms with Crippen LogP contribution >= 0.6 is 0 Å². The minimum absolute atomic E-state index is 1.11. The van der Waals surface area contributed by atoms with Crippen LogP contribution in [0.5, 0.6) is 0 Å². The molecule has 0 saturated heterocycles. The highest BCUT2D eigenvalue weighted by Crippen LogP contribution is 2.48. The molecular weight excluding hydrogens is 567 g/mol. The lowest BCUT2D eigenvalue weighted by Crippen LogP contribution is -2.12. The van der Waals surface area contributed by atoms with E-state index in [0.29, 0.717) is 0 Å². The Labute approximate surface area is 274 Å². The van der Waals surface area contributed by atoms with Gasteiger partial charge in [-0.3, -0.25) is 0 Å². The van der Waals surface area contributed by atoms with Crippen molar-refractivity contribution in [2.75, 3.05) is 4.90 Å². The highest BCUT2D eigenvalue weighted by atomic mass is 15.1. The van der Waals surface area contributed by atoms with Gasteiger partial charge in [0.15, 0.2) is 0 Å². The Balaban J connectivity index is 1.37. The van der Waals surface area contributed by atoms with Crippen molar-refractivity contribution in [3.8, 4) is 22.3 Å². The zero-order chi connectivity index (χ0) is 31.2. The Bertz CT molecular complexity index is 2560. The Hall–Kier alpha value is -6.18. The van der Waals surface area contributed by atoms with Crippen LogP contribution in [0.15, 0.2) is 188 Å². The summed E-state index contributed by atoms with van der Waals surface area (Å²) < 4.78 is 0. The number of hydrogen-bond donors (Lipinski definition) is 0. The summed E-state index contributed by atoms with van der Waals surface area (Å²) in [6, 6.07) is 68.4. The van der Waals surface area contributed by atoms with Gasteiger partial charge in [-0.2, -0.15) is 0 Å². The third kappa shape index (κ3) is 4.72. The average Bonchev–Trinajstić information content (AvgIpc) is 3.15. The predicted octanol–water partition coefficient (Wildman–Crippen LogP) is 13.1. The van der Waals surface area contributed by atoms with Gasteiger partial charge in [0.25, 0.3) is 0 Å². The molecule has 47 heavy (non-hydrogen) atoms. The Morgan fingerprint density at radius 1 is 0.277 bits per heavy atom. The molecule has 0 saturated carbocycles. The lowest BCUT2D eigenvalue weighted by molar-refractivity contribution is 1.31. The minimum Gasteiger partial charge on any atom is -0.309 e. The van der Waals surface area contributed by atoms with Gasteiger partial charge in [-0.1, -0.05) is 158 Å².